The summed E-state index contributed by atoms with van der Waals surface area (Å²) >= 11 is 3.38. The first-order chi connectivity index (χ1) is 13.5. The number of unbranched alkanes of at least 4 members (excludes halogenated alkanes) is 1. The molecule has 7 heteroatoms. The van der Waals surface area contributed by atoms with Gasteiger partial charge < -0.3 is 20.4 Å². The van der Waals surface area contributed by atoms with Gasteiger partial charge in [-0.15, -0.1) is 0 Å². The van der Waals surface area contributed by atoms with Gasteiger partial charge in [-0.2, -0.15) is 0 Å². The SMILES string of the molecule is CCN(CC)C(=O)C1CCCN(CCCCNC(=O)Nc2ccc(Br)cc2)C1. The number of hydrogen-bond acceptors (Lipinski definition) is 3. The van der Waals surface area contributed by atoms with E-state index < -0.39 is 0 Å². The number of benzene rings is 1. The molecular weight excluding hydrogens is 420 g/mol. The Bertz CT molecular complexity index is 619. The molecule has 1 aliphatic rings. The van der Waals surface area contributed by atoms with E-state index in [0.717, 1.165) is 68.6 Å². The van der Waals surface area contributed by atoms with Gasteiger partial charge in [-0.05, 0) is 76.9 Å². The molecular formula is C21H33BrN4O2. The molecule has 3 amide bonds. The minimum absolute atomic E-state index is 0.142. The van der Waals surface area contributed by atoms with E-state index in [1.165, 1.54) is 0 Å². The van der Waals surface area contributed by atoms with Crippen LogP contribution < -0.4 is 10.6 Å². The number of urea groups is 1. The molecule has 1 aliphatic heterocycles. The summed E-state index contributed by atoms with van der Waals surface area (Å²) in [6.07, 6.45) is 4.04. The number of carbonyl (C=O) groups is 2. The van der Waals surface area contributed by atoms with Gasteiger partial charge in [0, 0.05) is 36.3 Å². The maximum Gasteiger partial charge on any atom is 0.319 e. The third kappa shape index (κ3) is 7.43. The maximum atomic E-state index is 12.6. The van der Waals surface area contributed by atoms with Crippen LogP contribution in [0.25, 0.3) is 0 Å². The number of anilines is 1. The number of carbonyl (C=O) groups excluding carboxylic acids is 2. The Labute approximate surface area is 177 Å². The van der Waals surface area contributed by atoms with Crippen molar-refractivity contribution in [2.75, 3.05) is 44.6 Å². The summed E-state index contributed by atoms with van der Waals surface area (Å²) in [5, 5.41) is 5.73. The fraction of sp³-hybridized carbons (Fsp3) is 0.619. The lowest BCUT2D eigenvalue weighted by atomic mass is 9.96. The highest BCUT2D eigenvalue weighted by atomic mass is 79.9. The average Bonchev–Trinajstić information content (AvgIpc) is 2.70. The summed E-state index contributed by atoms with van der Waals surface area (Å²) in [6.45, 7) is 9.24. The van der Waals surface area contributed by atoms with E-state index in [4.69, 9.17) is 0 Å². The van der Waals surface area contributed by atoms with E-state index in [1.54, 1.807) is 0 Å². The molecule has 1 fully saturated rings. The zero-order chi connectivity index (χ0) is 20.4. The summed E-state index contributed by atoms with van der Waals surface area (Å²) in [5.41, 5.74) is 0.776. The van der Waals surface area contributed by atoms with Gasteiger partial charge in [-0.25, -0.2) is 4.79 Å². The summed E-state index contributed by atoms with van der Waals surface area (Å²) in [4.78, 5) is 28.8. The first-order valence-corrected chi connectivity index (χ1v) is 11.1. The van der Waals surface area contributed by atoms with Crippen molar-refractivity contribution in [2.24, 2.45) is 5.92 Å². The minimum atomic E-state index is -0.176. The number of halogens is 1. The molecule has 1 unspecified atom stereocenters. The third-order valence-corrected chi connectivity index (χ3v) is 5.75. The number of hydrogen-bond donors (Lipinski definition) is 2. The molecule has 1 heterocycles. The van der Waals surface area contributed by atoms with Crippen molar-refractivity contribution in [1.82, 2.24) is 15.1 Å². The Morgan fingerprint density at radius 1 is 1.18 bits per heavy atom. The molecule has 0 saturated carbocycles. The second-order valence-corrected chi connectivity index (χ2v) is 8.16. The van der Waals surface area contributed by atoms with Crippen LogP contribution in [0, 0.1) is 5.92 Å². The first-order valence-electron chi connectivity index (χ1n) is 10.3. The monoisotopic (exact) mass is 452 g/mol. The Hall–Kier alpha value is -1.60. The van der Waals surface area contributed by atoms with Crippen LogP contribution in [0.5, 0.6) is 0 Å². The molecule has 28 heavy (non-hydrogen) atoms. The van der Waals surface area contributed by atoms with Crippen LogP contribution in [-0.4, -0.2) is 61.0 Å². The van der Waals surface area contributed by atoms with Crippen molar-refractivity contribution in [2.45, 2.75) is 39.5 Å². The zero-order valence-electron chi connectivity index (χ0n) is 17.0. The fourth-order valence-corrected chi connectivity index (χ4v) is 3.89. The second kappa shape index (κ2) is 12.1. The summed E-state index contributed by atoms with van der Waals surface area (Å²) < 4.78 is 0.984. The number of amides is 3. The molecule has 0 aliphatic carbocycles. The van der Waals surface area contributed by atoms with E-state index in [1.807, 2.05) is 43.0 Å². The molecule has 1 aromatic rings. The zero-order valence-corrected chi connectivity index (χ0v) is 18.6. The second-order valence-electron chi connectivity index (χ2n) is 7.25. The predicted octanol–water partition coefficient (Wildman–Crippen LogP) is 3.93. The third-order valence-electron chi connectivity index (χ3n) is 5.22. The molecule has 0 aromatic heterocycles. The normalized spacial score (nSPS) is 17.2. The van der Waals surface area contributed by atoms with Crippen molar-refractivity contribution in [3.8, 4) is 0 Å². The van der Waals surface area contributed by atoms with Crippen LogP contribution in [0.3, 0.4) is 0 Å². The van der Waals surface area contributed by atoms with Gasteiger partial charge in [-0.1, -0.05) is 15.9 Å². The highest BCUT2D eigenvalue weighted by Crippen LogP contribution is 2.19. The van der Waals surface area contributed by atoms with Crippen LogP contribution in [0.15, 0.2) is 28.7 Å². The Morgan fingerprint density at radius 3 is 2.57 bits per heavy atom. The summed E-state index contributed by atoms with van der Waals surface area (Å²) in [7, 11) is 0. The number of likely N-dealkylation sites (tertiary alicyclic amines) is 1. The molecule has 0 radical (unpaired) electrons. The molecule has 0 bridgehead atoms. The summed E-state index contributed by atoms with van der Waals surface area (Å²) in [5.74, 6) is 0.449. The van der Waals surface area contributed by atoms with Gasteiger partial charge in [0.2, 0.25) is 5.91 Å². The first kappa shape index (κ1) is 22.7. The number of rotatable bonds is 9. The number of nitrogens with one attached hydrogen (secondary N) is 2. The Kier molecular flexibility index (Phi) is 9.78. The van der Waals surface area contributed by atoms with Crippen molar-refractivity contribution < 1.29 is 9.59 Å². The van der Waals surface area contributed by atoms with E-state index in [-0.39, 0.29) is 11.9 Å². The molecule has 1 aromatic carbocycles. The molecule has 1 saturated heterocycles. The van der Waals surface area contributed by atoms with Gasteiger partial charge in [0.25, 0.3) is 0 Å². The van der Waals surface area contributed by atoms with Gasteiger partial charge in [0.05, 0.1) is 5.92 Å². The van der Waals surface area contributed by atoms with Crippen molar-refractivity contribution >= 4 is 33.6 Å². The highest BCUT2D eigenvalue weighted by Gasteiger charge is 2.27. The molecule has 1 atom stereocenters. The van der Waals surface area contributed by atoms with Crippen molar-refractivity contribution in [3.05, 3.63) is 28.7 Å². The van der Waals surface area contributed by atoms with Crippen LogP contribution in [-0.2, 0) is 4.79 Å². The molecule has 6 nitrogen and oxygen atoms in total. The number of nitrogens with zero attached hydrogens (tertiary/aromatic N) is 2. The fourth-order valence-electron chi connectivity index (χ4n) is 3.62. The number of piperidine rings is 1. The standard InChI is InChI=1S/C21H33BrN4O2/c1-3-26(4-2)20(27)17-8-7-15-25(16-17)14-6-5-13-23-21(28)24-19-11-9-18(22)10-12-19/h9-12,17H,3-8,13-16H2,1-2H3,(H2,23,24,28). The lowest BCUT2D eigenvalue weighted by molar-refractivity contribution is -0.137. The minimum Gasteiger partial charge on any atom is -0.343 e. The highest BCUT2D eigenvalue weighted by molar-refractivity contribution is 9.10. The van der Waals surface area contributed by atoms with Gasteiger partial charge in [-0.3, -0.25) is 4.79 Å². The largest absolute Gasteiger partial charge is 0.343 e. The van der Waals surface area contributed by atoms with Gasteiger partial charge in [0.1, 0.15) is 0 Å². The summed E-state index contributed by atoms with van der Waals surface area (Å²) in [6, 6.07) is 7.33. The van der Waals surface area contributed by atoms with Crippen LogP contribution in [0.2, 0.25) is 0 Å². The topological polar surface area (TPSA) is 64.7 Å². The van der Waals surface area contributed by atoms with Crippen molar-refractivity contribution in [3.63, 3.8) is 0 Å². The molecule has 2 rings (SSSR count). The lowest BCUT2D eigenvalue weighted by Crippen LogP contribution is -2.45. The average molecular weight is 453 g/mol. The van der Waals surface area contributed by atoms with Gasteiger partial charge in [0.15, 0.2) is 0 Å². The Morgan fingerprint density at radius 2 is 1.89 bits per heavy atom. The van der Waals surface area contributed by atoms with Crippen LogP contribution in [0.1, 0.15) is 39.5 Å². The Balaban J connectivity index is 1.61. The molecule has 0 spiro atoms. The van der Waals surface area contributed by atoms with Crippen molar-refractivity contribution in [1.29, 1.82) is 0 Å². The quantitative estimate of drug-likeness (QED) is 0.557. The van der Waals surface area contributed by atoms with Crippen LogP contribution in [0.4, 0.5) is 10.5 Å². The van der Waals surface area contributed by atoms with Gasteiger partial charge >= 0.3 is 6.03 Å². The lowest BCUT2D eigenvalue weighted by Gasteiger charge is -2.34. The predicted molar refractivity (Wildman–Crippen MR) is 117 cm³/mol. The van der Waals surface area contributed by atoms with Crippen LogP contribution >= 0.6 is 15.9 Å². The van der Waals surface area contributed by atoms with E-state index in [9.17, 15) is 9.59 Å². The van der Waals surface area contributed by atoms with E-state index >= 15 is 0 Å². The molecule has 2 N–H and O–H groups in total. The maximum absolute atomic E-state index is 12.6. The van der Waals surface area contributed by atoms with E-state index in [0.29, 0.717) is 12.5 Å². The van der Waals surface area contributed by atoms with E-state index in [2.05, 4.69) is 31.5 Å². The molecule has 156 valence electrons. The smallest absolute Gasteiger partial charge is 0.319 e.